The van der Waals surface area contributed by atoms with Gasteiger partial charge in [0.1, 0.15) is 10.6 Å². The number of thiazole rings is 1. The lowest BCUT2D eigenvalue weighted by Gasteiger charge is -2.24. The van der Waals surface area contributed by atoms with Crippen molar-refractivity contribution in [1.29, 1.82) is 0 Å². The van der Waals surface area contributed by atoms with Crippen molar-refractivity contribution in [3.05, 3.63) is 64.9 Å². The predicted octanol–water partition coefficient (Wildman–Crippen LogP) is 4.66. The standard InChI is InChI=1S/C22H25N3O2S/c1-16-20(28-22(23-16)24-12-5-6-13-24)21(26)25-14-4-3-7-18(15-25)17-8-10-19(27-2)11-9-17/h5-6,8-13,18H,3-4,7,14-15H2,1-2H3. The topological polar surface area (TPSA) is 47.4 Å². The number of aromatic nitrogens is 2. The normalized spacial score (nSPS) is 17.4. The smallest absolute Gasteiger partial charge is 0.265 e. The number of ether oxygens (including phenoxy) is 1. The van der Waals surface area contributed by atoms with Crippen LogP contribution in [0.1, 0.15) is 46.1 Å². The lowest BCUT2D eigenvalue weighted by molar-refractivity contribution is 0.0758. The van der Waals surface area contributed by atoms with E-state index >= 15 is 0 Å². The van der Waals surface area contributed by atoms with E-state index in [1.165, 1.54) is 16.9 Å². The van der Waals surface area contributed by atoms with E-state index in [2.05, 4.69) is 17.1 Å². The molecule has 1 aliphatic heterocycles. The van der Waals surface area contributed by atoms with Gasteiger partial charge in [0, 0.05) is 31.4 Å². The van der Waals surface area contributed by atoms with Crippen LogP contribution >= 0.6 is 11.3 Å². The zero-order chi connectivity index (χ0) is 19.5. The summed E-state index contributed by atoms with van der Waals surface area (Å²) in [6.45, 7) is 3.48. The quantitative estimate of drug-likeness (QED) is 0.645. The molecule has 1 amide bonds. The third kappa shape index (κ3) is 3.83. The number of benzene rings is 1. The lowest BCUT2D eigenvalue weighted by atomic mass is 9.94. The monoisotopic (exact) mass is 395 g/mol. The molecule has 0 radical (unpaired) electrons. The lowest BCUT2D eigenvalue weighted by Crippen LogP contribution is -2.34. The molecule has 1 unspecified atom stereocenters. The molecule has 0 bridgehead atoms. The van der Waals surface area contributed by atoms with Gasteiger partial charge in [0.2, 0.25) is 0 Å². The molecule has 1 fully saturated rings. The second-order valence-corrected chi connectivity index (χ2v) is 8.20. The van der Waals surface area contributed by atoms with Gasteiger partial charge in [-0.15, -0.1) is 0 Å². The maximum absolute atomic E-state index is 13.3. The molecule has 0 spiro atoms. The summed E-state index contributed by atoms with van der Waals surface area (Å²) in [5, 5.41) is 0.840. The van der Waals surface area contributed by atoms with E-state index in [9.17, 15) is 4.79 Å². The summed E-state index contributed by atoms with van der Waals surface area (Å²) in [6.07, 6.45) is 7.19. The Bertz CT molecular complexity index is 931. The van der Waals surface area contributed by atoms with Gasteiger partial charge in [-0.25, -0.2) is 4.98 Å². The molecular weight excluding hydrogens is 370 g/mol. The number of amides is 1. The van der Waals surface area contributed by atoms with Crippen molar-refractivity contribution in [2.45, 2.75) is 32.1 Å². The average Bonchev–Trinajstić information content (AvgIpc) is 3.31. The summed E-state index contributed by atoms with van der Waals surface area (Å²) >= 11 is 1.47. The molecule has 2 aromatic heterocycles. The van der Waals surface area contributed by atoms with Crippen molar-refractivity contribution in [2.24, 2.45) is 0 Å². The number of hydrogen-bond acceptors (Lipinski definition) is 4. The molecular formula is C22H25N3O2S. The second-order valence-electron chi connectivity index (χ2n) is 7.22. The molecule has 146 valence electrons. The molecule has 3 aromatic rings. The third-order valence-electron chi connectivity index (χ3n) is 5.35. The first kappa shape index (κ1) is 18.7. The van der Waals surface area contributed by atoms with Gasteiger partial charge in [0.05, 0.1) is 12.8 Å². The molecule has 1 atom stereocenters. The van der Waals surface area contributed by atoms with E-state index in [1.54, 1.807) is 7.11 Å². The van der Waals surface area contributed by atoms with E-state index < -0.39 is 0 Å². The number of methoxy groups -OCH3 is 1. The molecule has 1 aromatic carbocycles. The van der Waals surface area contributed by atoms with Crippen molar-refractivity contribution < 1.29 is 9.53 Å². The van der Waals surface area contributed by atoms with Crippen molar-refractivity contribution >= 4 is 17.2 Å². The highest BCUT2D eigenvalue weighted by Crippen LogP contribution is 2.30. The van der Waals surface area contributed by atoms with Gasteiger partial charge < -0.3 is 14.2 Å². The summed E-state index contributed by atoms with van der Waals surface area (Å²) < 4.78 is 7.23. The van der Waals surface area contributed by atoms with Crippen LogP contribution in [0.3, 0.4) is 0 Å². The molecule has 0 N–H and O–H groups in total. The van der Waals surface area contributed by atoms with Gasteiger partial charge in [-0.1, -0.05) is 29.9 Å². The molecule has 6 heteroatoms. The van der Waals surface area contributed by atoms with Crippen LogP contribution in [-0.2, 0) is 0 Å². The van der Waals surface area contributed by atoms with Crippen LogP contribution in [0.25, 0.3) is 5.13 Å². The van der Waals surface area contributed by atoms with E-state index in [0.717, 1.165) is 53.8 Å². The summed E-state index contributed by atoms with van der Waals surface area (Å²) in [5.74, 6) is 1.33. The van der Waals surface area contributed by atoms with Crippen LogP contribution < -0.4 is 4.74 Å². The summed E-state index contributed by atoms with van der Waals surface area (Å²) in [4.78, 5) is 20.7. The fraction of sp³-hybridized carbons (Fsp3) is 0.364. The largest absolute Gasteiger partial charge is 0.497 e. The number of rotatable bonds is 4. The molecule has 28 heavy (non-hydrogen) atoms. The molecule has 5 nitrogen and oxygen atoms in total. The van der Waals surface area contributed by atoms with Crippen molar-refractivity contribution in [1.82, 2.24) is 14.5 Å². The predicted molar refractivity (Wildman–Crippen MR) is 112 cm³/mol. The van der Waals surface area contributed by atoms with Gasteiger partial charge in [-0.2, -0.15) is 0 Å². The van der Waals surface area contributed by atoms with Crippen molar-refractivity contribution in [2.75, 3.05) is 20.2 Å². The Labute approximate surface area is 169 Å². The summed E-state index contributed by atoms with van der Waals surface area (Å²) in [6, 6.07) is 12.2. The van der Waals surface area contributed by atoms with Crippen molar-refractivity contribution in [3.8, 4) is 10.9 Å². The summed E-state index contributed by atoms with van der Waals surface area (Å²) in [7, 11) is 1.68. The minimum Gasteiger partial charge on any atom is -0.497 e. The molecule has 4 rings (SSSR count). The number of carbonyl (C=O) groups excluding carboxylic acids is 1. The first-order valence-electron chi connectivity index (χ1n) is 9.69. The van der Waals surface area contributed by atoms with E-state index in [-0.39, 0.29) is 5.91 Å². The summed E-state index contributed by atoms with van der Waals surface area (Å²) in [5.41, 5.74) is 2.08. The van der Waals surface area contributed by atoms with Gasteiger partial charge in [0.25, 0.3) is 5.91 Å². The molecule has 1 saturated heterocycles. The highest BCUT2D eigenvalue weighted by atomic mass is 32.1. The van der Waals surface area contributed by atoms with Gasteiger partial charge in [-0.05, 0) is 49.6 Å². The fourth-order valence-electron chi connectivity index (χ4n) is 3.77. The third-order valence-corrected chi connectivity index (χ3v) is 6.51. The Hall–Kier alpha value is -2.60. The first-order valence-corrected chi connectivity index (χ1v) is 10.5. The Kier molecular flexibility index (Phi) is 5.48. The van der Waals surface area contributed by atoms with Gasteiger partial charge in [0.15, 0.2) is 5.13 Å². The number of aryl methyl sites for hydroxylation is 1. The highest BCUT2D eigenvalue weighted by Gasteiger charge is 2.27. The Morgan fingerprint density at radius 1 is 1.18 bits per heavy atom. The SMILES string of the molecule is COc1ccc(C2CCCCN(C(=O)c3sc(-n4cccc4)nc3C)C2)cc1. The number of hydrogen-bond donors (Lipinski definition) is 0. The first-order chi connectivity index (χ1) is 13.7. The Morgan fingerprint density at radius 2 is 1.93 bits per heavy atom. The minimum atomic E-state index is 0.105. The van der Waals surface area contributed by atoms with E-state index in [0.29, 0.717) is 5.92 Å². The second kappa shape index (κ2) is 8.19. The number of carbonyl (C=O) groups is 1. The maximum atomic E-state index is 13.3. The Morgan fingerprint density at radius 3 is 2.64 bits per heavy atom. The van der Waals surface area contributed by atoms with Crippen LogP contribution in [-0.4, -0.2) is 40.6 Å². The number of likely N-dealkylation sites (tertiary alicyclic amines) is 1. The van der Waals surface area contributed by atoms with E-state index in [4.69, 9.17) is 4.74 Å². The zero-order valence-corrected chi connectivity index (χ0v) is 17.1. The van der Waals surface area contributed by atoms with Crippen LogP contribution in [0, 0.1) is 6.92 Å². The fourth-order valence-corrected chi connectivity index (χ4v) is 4.77. The molecule has 0 aliphatic carbocycles. The molecule has 0 saturated carbocycles. The highest BCUT2D eigenvalue weighted by molar-refractivity contribution is 7.16. The zero-order valence-electron chi connectivity index (χ0n) is 16.3. The van der Waals surface area contributed by atoms with Crippen LogP contribution in [0.15, 0.2) is 48.8 Å². The maximum Gasteiger partial charge on any atom is 0.265 e. The van der Waals surface area contributed by atoms with Crippen LogP contribution in [0.4, 0.5) is 0 Å². The number of nitrogens with zero attached hydrogens (tertiary/aromatic N) is 3. The van der Waals surface area contributed by atoms with Gasteiger partial charge in [-0.3, -0.25) is 4.79 Å². The van der Waals surface area contributed by atoms with Crippen molar-refractivity contribution in [3.63, 3.8) is 0 Å². The van der Waals surface area contributed by atoms with Gasteiger partial charge >= 0.3 is 0 Å². The van der Waals surface area contributed by atoms with E-state index in [1.807, 2.05) is 53.0 Å². The molecule has 1 aliphatic rings. The Balaban J connectivity index is 1.54. The minimum absolute atomic E-state index is 0.105. The molecule has 3 heterocycles. The van der Waals surface area contributed by atoms with Crippen LogP contribution in [0.5, 0.6) is 5.75 Å². The van der Waals surface area contributed by atoms with Crippen LogP contribution in [0.2, 0.25) is 0 Å². The average molecular weight is 396 g/mol.